The van der Waals surface area contributed by atoms with Crippen molar-refractivity contribution >= 4 is 22.8 Å². The number of esters is 1. The maximum absolute atomic E-state index is 11.9. The molecule has 2 aromatic rings. The van der Waals surface area contributed by atoms with E-state index in [0.717, 1.165) is 23.7 Å². The third-order valence-corrected chi connectivity index (χ3v) is 3.43. The van der Waals surface area contributed by atoms with Crippen LogP contribution in [0.4, 0.5) is 0 Å². The molecule has 1 heterocycles. The van der Waals surface area contributed by atoms with Gasteiger partial charge in [0.05, 0.1) is 0 Å². The molecule has 0 fully saturated rings. The van der Waals surface area contributed by atoms with E-state index in [2.05, 4.69) is 10.3 Å². The molecule has 1 amide bonds. The van der Waals surface area contributed by atoms with Crippen LogP contribution in [0, 0.1) is 0 Å². The summed E-state index contributed by atoms with van der Waals surface area (Å²) < 4.78 is 5.03. The molecule has 0 radical (unpaired) electrons. The van der Waals surface area contributed by atoms with E-state index in [1.165, 1.54) is 0 Å². The summed E-state index contributed by atoms with van der Waals surface area (Å²) in [5, 5.41) is 3.76. The van der Waals surface area contributed by atoms with Crippen LogP contribution in [0.3, 0.4) is 0 Å². The number of hydrogen-bond acceptors (Lipinski definition) is 3. The second-order valence-electron chi connectivity index (χ2n) is 4.93. The summed E-state index contributed by atoms with van der Waals surface area (Å²) in [4.78, 5) is 26.6. The Morgan fingerprint density at radius 2 is 1.95 bits per heavy atom. The number of benzene rings is 1. The largest absolute Gasteiger partial charge is 0.451 e. The molecular weight excluding hydrogens is 268 g/mol. The van der Waals surface area contributed by atoms with Crippen molar-refractivity contribution in [3.05, 3.63) is 36.0 Å². The molecule has 1 aromatic heterocycles. The van der Waals surface area contributed by atoms with Crippen molar-refractivity contribution in [1.29, 1.82) is 0 Å². The summed E-state index contributed by atoms with van der Waals surface area (Å²) in [6.45, 7) is 3.75. The van der Waals surface area contributed by atoms with E-state index in [-0.39, 0.29) is 18.6 Å². The Hall–Kier alpha value is -2.30. The predicted molar refractivity (Wildman–Crippen MR) is 81.1 cm³/mol. The van der Waals surface area contributed by atoms with Gasteiger partial charge in [-0.3, -0.25) is 4.79 Å². The molecular formula is C16H20N2O3. The van der Waals surface area contributed by atoms with Gasteiger partial charge in [0.2, 0.25) is 0 Å². The van der Waals surface area contributed by atoms with Crippen LogP contribution < -0.4 is 5.32 Å². The average Bonchev–Trinajstić information content (AvgIpc) is 2.94. The molecule has 0 spiro atoms. The smallest absolute Gasteiger partial charge is 0.355 e. The highest BCUT2D eigenvalue weighted by Crippen LogP contribution is 2.15. The monoisotopic (exact) mass is 288 g/mol. The molecule has 0 aliphatic carbocycles. The lowest BCUT2D eigenvalue weighted by Gasteiger charge is -2.14. The fraction of sp³-hybridized carbons (Fsp3) is 0.375. The van der Waals surface area contributed by atoms with Crippen molar-refractivity contribution in [3.8, 4) is 0 Å². The number of H-pyrrole nitrogens is 1. The van der Waals surface area contributed by atoms with Gasteiger partial charge in [-0.25, -0.2) is 4.79 Å². The first-order valence-corrected chi connectivity index (χ1v) is 7.18. The van der Waals surface area contributed by atoms with Gasteiger partial charge in [-0.2, -0.15) is 0 Å². The van der Waals surface area contributed by atoms with Crippen molar-refractivity contribution in [2.75, 3.05) is 6.61 Å². The zero-order chi connectivity index (χ0) is 15.2. The fourth-order valence-electron chi connectivity index (χ4n) is 2.15. The highest BCUT2D eigenvalue weighted by Gasteiger charge is 2.14. The van der Waals surface area contributed by atoms with Gasteiger partial charge in [0, 0.05) is 16.9 Å². The van der Waals surface area contributed by atoms with Crippen LogP contribution in [0.5, 0.6) is 0 Å². The lowest BCUT2D eigenvalue weighted by molar-refractivity contribution is -0.125. The minimum Gasteiger partial charge on any atom is -0.451 e. The predicted octanol–water partition coefficient (Wildman–Crippen LogP) is 2.63. The molecule has 0 saturated heterocycles. The van der Waals surface area contributed by atoms with Crippen molar-refractivity contribution < 1.29 is 14.3 Å². The van der Waals surface area contributed by atoms with Crippen LogP contribution >= 0.6 is 0 Å². The van der Waals surface area contributed by atoms with Crippen molar-refractivity contribution in [1.82, 2.24) is 10.3 Å². The Balaban J connectivity index is 1.91. The molecule has 2 rings (SSSR count). The third kappa shape index (κ3) is 3.84. The Labute approximate surface area is 123 Å². The number of carbonyl (C=O) groups excluding carboxylic acids is 2. The van der Waals surface area contributed by atoms with Gasteiger partial charge in [-0.15, -0.1) is 0 Å². The van der Waals surface area contributed by atoms with E-state index in [9.17, 15) is 9.59 Å². The molecule has 0 atom stereocenters. The van der Waals surface area contributed by atoms with E-state index in [4.69, 9.17) is 4.74 Å². The molecule has 21 heavy (non-hydrogen) atoms. The lowest BCUT2D eigenvalue weighted by atomic mass is 10.2. The van der Waals surface area contributed by atoms with Crippen LogP contribution in [-0.2, 0) is 9.53 Å². The maximum Gasteiger partial charge on any atom is 0.355 e. The van der Waals surface area contributed by atoms with Gasteiger partial charge in [0.25, 0.3) is 5.91 Å². The second kappa shape index (κ2) is 6.92. The van der Waals surface area contributed by atoms with Crippen LogP contribution in [0.15, 0.2) is 30.3 Å². The van der Waals surface area contributed by atoms with E-state index in [0.29, 0.717) is 5.69 Å². The van der Waals surface area contributed by atoms with Gasteiger partial charge in [-0.1, -0.05) is 32.0 Å². The van der Waals surface area contributed by atoms with E-state index in [1.54, 1.807) is 6.07 Å². The van der Waals surface area contributed by atoms with Crippen molar-refractivity contribution in [2.24, 2.45) is 0 Å². The maximum atomic E-state index is 11.9. The molecule has 1 aromatic carbocycles. The number of nitrogens with one attached hydrogen (secondary N) is 2. The van der Waals surface area contributed by atoms with Gasteiger partial charge >= 0.3 is 5.97 Å². The van der Waals surface area contributed by atoms with Gasteiger partial charge in [-0.05, 0) is 25.0 Å². The zero-order valence-electron chi connectivity index (χ0n) is 12.3. The first-order valence-electron chi connectivity index (χ1n) is 7.18. The fourth-order valence-corrected chi connectivity index (χ4v) is 2.15. The molecule has 5 nitrogen and oxygen atoms in total. The molecule has 0 aliphatic heterocycles. The summed E-state index contributed by atoms with van der Waals surface area (Å²) in [6, 6.07) is 9.42. The number of aromatic nitrogens is 1. The van der Waals surface area contributed by atoms with E-state index >= 15 is 0 Å². The summed E-state index contributed by atoms with van der Waals surface area (Å²) >= 11 is 0. The van der Waals surface area contributed by atoms with Crippen LogP contribution in [0.1, 0.15) is 37.2 Å². The minimum atomic E-state index is -0.522. The quantitative estimate of drug-likeness (QED) is 0.803. The zero-order valence-corrected chi connectivity index (χ0v) is 12.3. The summed E-state index contributed by atoms with van der Waals surface area (Å²) in [6.07, 6.45) is 1.72. The highest BCUT2D eigenvalue weighted by molar-refractivity contribution is 5.95. The number of para-hydroxylation sites is 1. The van der Waals surface area contributed by atoms with E-state index < -0.39 is 5.97 Å². The topological polar surface area (TPSA) is 71.2 Å². The highest BCUT2D eigenvalue weighted by atomic mass is 16.5. The second-order valence-corrected chi connectivity index (χ2v) is 4.93. The molecule has 0 saturated carbocycles. The molecule has 0 aliphatic rings. The van der Waals surface area contributed by atoms with Crippen LogP contribution in [-0.4, -0.2) is 29.5 Å². The van der Waals surface area contributed by atoms with Crippen LogP contribution in [0.25, 0.3) is 10.9 Å². The number of rotatable bonds is 6. The number of carbonyl (C=O) groups is 2. The number of hydrogen-bond donors (Lipinski definition) is 2. The van der Waals surface area contributed by atoms with Gasteiger partial charge in [0.15, 0.2) is 6.61 Å². The summed E-state index contributed by atoms with van der Waals surface area (Å²) in [7, 11) is 0. The van der Waals surface area contributed by atoms with Gasteiger partial charge < -0.3 is 15.0 Å². The van der Waals surface area contributed by atoms with Gasteiger partial charge in [0.1, 0.15) is 5.69 Å². The molecule has 112 valence electrons. The Morgan fingerprint density at radius 3 is 2.62 bits per heavy atom. The number of ether oxygens (including phenoxy) is 1. The third-order valence-electron chi connectivity index (χ3n) is 3.43. The molecule has 2 N–H and O–H groups in total. The minimum absolute atomic E-state index is 0.129. The Morgan fingerprint density at radius 1 is 1.24 bits per heavy atom. The summed E-state index contributed by atoms with van der Waals surface area (Å²) in [5.41, 5.74) is 1.22. The average molecular weight is 288 g/mol. The molecule has 0 bridgehead atoms. The number of amides is 1. The normalized spacial score (nSPS) is 10.8. The van der Waals surface area contributed by atoms with Crippen LogP contribution in [0.2, 0.25) is 0 Å². The van der Waals surface area contributed by atoms with E-state index in [1.807, 2.05) is 38.1 Å². The summed E-state index contributed by atoms with van der Waals surface area (Å²) in [5.74, 6) is -0.793. The van der Waals surface area contributed by atoms with Crippen molar-refractivity contribution in [3.63, 3.8) is 0 Å². The Kier molecular flexibility index (Phi) is 4.98. The molecule has 5 heteroatoms. The lowest BCUT2D eigenvalue weighted by Crippen LogP contribution is -2.36. The van der Waals surface area contributed by atoms with Crippen molar-refractivity contribution in [2.45, 2.75) is 32.7 Å². The SMILES string of the molecule is CCC(CC)NC(=O)COC(=O)c1cc2ccccc2[nH]1. The first-order chi connectivity index (χ1) is 10.1. The Bertz CT molecular complexity index is 596. The standard InChI is InChI=1S/C16H20N2O3/c1-3-12(4-2)17-15(19)10-21-16(20)14-9-11-7-5-6-8-13(11)18-14/h5-9,12,18H,3-4,10H2,1-2H3,(H,17,19). The number of fused-ring (bicyclic) bond motifs is 1. The first kappa shape index (κ1) is 15.1. The molecule has 0 unspecified atom stereocenters. The number of aromatic amines is 1.